The van der Waals surface area contributed by atoms with Gasteiger partial charge >= 0.3 is 18.0 Å². The number of benzene rings is 2. The second-order valence-electron chi connectivity index (χ2n) is 11.6. The number of aromatic nitrogens is 2. The first-order chi connectivity index (χ1) is 20.1. The van der Waals surface area contributed by atoms with E-state index in [0.29, 0.717) is 6.07 Å². The Morgan fingerprint density at radius 2 is 1.81 bits per heavy atom. The molecule has 0 spiro atoms. The molecule has 1 saturated heterocycles. The van der Waals surface area contributed by atoms with Gasteiger partial charge in [0.25, 0.3) is 0 Å². The maximum absolute atomic E-state index is 15.1. The molecule has 2 atom stereocenters. The molecule has 0 saturated carbocycles. The number of hydrogen-bond acceptors (Lipinski definition) is 7. The van der Waals surface area contributed by atoms with E-state index in [-0.39, 0.29) is 53.5 Å². The van der Waals surface area contributed by atoms with Crippen molar-refractivity contribution in [3.05, 3.63) is 51.9 Å². The van der Waals surface area contributed by atoms with Crippen molar-refractivity contribution in [3.8, 4) is 11.1 Å². The van der Waals surface area contributed by atoms with Gasteiger partial charge in [-0.3, -0.25) is 4.57 Å². The number of ether oxygens (including phenoxy) is 2. The summed E-state index contributed by atoms with van der Waals surface area (Å²) in [5.41, 5.74) is -3.32. The Bertz CT molecular complexity index is 1640. The number of hydrogen-bond donors (Lipinski definition) is 0. The van der Waals surface area contributed by atoms with E-state index in [4.69, 9.17) is 9.47 Å². The number of halogens is 5. The number of thioether (sulfide) groups is 1. The molecule has 5 rings (SSSR count). The first kappa shape index (κ1) is 31.0. The number of methoxy groups -OCH3 is 1. The van der Waals surface area contributed by atoms with Gasteiger partial charge in [0, 0.05) is 66.0 Å². The maximum Gasteiger partial charge on any atom is 0.417 e. The van der Waals surface area contributed by atoms with Gasteiger partial charge in [-0.25, -0.2) is 18.4 Å². The van der Waals surface area contributed by atoms with Gasteiger partial charge in [-0.1, -0.05) is 0 Å². The van der Waals surface area contributed by atoms with Gasteiger partial charge in [0.2, 0.25) is 0 Å². The van der Waals surface area contributed by atoms with Crippen molar-refractivity contribution in [2.24, 2.45) is 0 Å². The molecule has 1 fully saturated rings. The highest BCUT2D eigenvalue weighted by Gasteiger charge is 2.40. The van der Waals surface area contributed by atoms with Crippen LogP contribution in [0.3, 0.4) is 0 Å². The van der Waals surface area contributed by atoms with Crippen molar-refractivity contribution in [2.75, 3.05) is 37.4 Å². The minimum Gasteiger partial charge on any atom is -0.444 e. The molecule has 2 unspecified atom stereocenters. The second kappa shape index (κ2) is 11.3. The van der Waals surface area contributed by atoms with Gasteiger partial charge in [0.1, 0.15) is 23.1 Å². The molecular weight excluding hydrogens is 595 g/mol. The summed E-state index contributed by atoms with van der Waals surface area (Å²) in [7, 11) is 1.43. The van der Waals surface area contributed by atoms with E-state index >= 15 is 4.39 Å². The number of carbonyl (C=O) groups excluding carboxylic acids is 1. The fourth-order valence-corrected chi connectivity index (χ4v) is 6.76. The van der Waals surface area contributed by atoms with E-state index < -0.39 is 64.0 Å². The molecule has 3 heterocycles. The van der Waals surface area contributed by atoms with Crippen LogP contribution in [-0.2, 0) is 22.2 Å². The molecule has 3 aromatic rings. The van der Waals surface area contributed by atoms with Crippen LogP contribution < -0.4 is 10.6 Å². The average molecular weight is 627 g/mol. The molecule has 2 aromatic carbocycles. The third kappa shape index (κ3) is 6.03. The van der Waals surface area contributed by atoms with Gasteiger partial charge in [0.15, 0.2) is 0 Å². The van der Waals surface area contributed by atoms with Gasteiger partial charge in [-0.15, -0.1) is 11.8 Å². The van der Waals surface area contributed by atoms with Crippen LogP contribution in [0.1, 0.15) is 33.3 Å². The minimum absolute atomic E-state index is 0.0117. The molecule has 43 heavy (non-hydrogen) atoms. The highest BCUT2D eigenvalue weighted by atomic mass is 32.2. The average Bonchev–Trinajstić information content (AvgIpc) is 3.10. The predicted octanol–water partition coefficient (Wildman–Crippen LogP) is 5.93. The number of amides is 1. The van der Waals surface area contributed by atoms with Crippen LogP contribution in [0.5, 0.6) is 0 Å². The molecule has 2 aliphatic heterocycles. The van der Waals surface area contributed by atoms with Crippen LogP contribution in [0.25, 0.3) is 22.0 Å². The highest BCUT2D eigenvalue weighted by molar-refractivity contribution is 7.99. The van der Waals surface area contributed by atoms with Crippen LogP contribution in [-0.4, -0.2) is 70.8 Å². The van der Waals surface area contributed by atoms with E-state index in [1.807, 2.05) is 0 Å². The zero-order valence-corrected chi connectivity index (χ0v) is 25.0. The number of carbonyl (C=O) groups is 1. The minimum atomic E-state index is -4.94. The first-order valence-electron chi connectivity index (χ1n) is 13.6. The Kier molecular flexibility index (Phi) is 8.14. The van der Waals surface area contributed by atoms with Crippen LogP contribution >= 0.6 is 11.8 Å². The molecule has 0 radical (unpaired) electrons. The van der Waals surface area contributed by atoms with Crippen molar-refractivity contribution in [2.45, 2.75) is 63.1 Å². The molecular formula is C29H31F5N4O4S. The van der Waals surface area contributed by atoms with E-state index in [2.05, 4.69) is 4.98 Å². The van der Waals surface area contributed by atoms with Crippen LogP contribution in [0.2, 0.25) is 0 Å². The predicted molar refractivity (Wildman–Crippen MR) is 152 cm³/mol. The Labute approximate surface area is 248 Å². The van der Waals surface area contributed by atoms with Gasteiger partial charge in [-0.2, -0.15) is 18.2 Å². The standard InChI is InChI=1S/C29H31F5N4O4S/c1-15-12-36(27(40)42-28(2,3)4)8-9-37(15)25-19-11-20(29(32,33)34)22(18-7-6-16(30)10-21(18)31)24-23(19)38(26(39)35-25)13-17(41-5)14-43-24/h6-7,10-11,15,17H,8-9,12-14H2,1-5H3. The summed E-state index contributed by atoms with van der Waals surface area (Å²) >= 11 is 1.01. The zero-order chi connectivity index (χ0) is 31.4. The lowest BCUT2D eigenvalue weighted by Gasteiger charge is -2.41. The monoisotopic (exact) mass is 626 g/mol. The van der Waals surface area contributed by atoms with Crippen LogP contribution in [0, 0.1) is 11.6 Å². The quantitative estimate of drug-likeness (QED) is 0.334. The molecule has 232 valence electrons. The molecule has 1 amide bonds. The Morgan fingerprint density at radius 3 is 2.42 bits per heavy atom. The second-order valence-corrected chi connectivity index (χ2v) is 12.6. The Balaban J connectivity index is 1.74. The Morgan fingerprint density at radius 1 is 1.09 bits per heavy atom. The van der Waals surface area contributed by atoms with Crippen molar-refractivity contribution in [1.29, 1.82) is 0 Å². The fraction of sp³-hybridized carbons (Fsp3) is 0.483. The number of alkyl halides is 3. The lowest BCUT2D eigenvalue weighted by Crippen LogP contribution is -2.55. The molecule has 8 nitrogen and oxygen atoms in total. The lowest BCUT2D eigenvalue weighted by atomic mass is 9.95. The molecule has 1 aromatic heterocycles. The third-order valence-corrected chi connectivity index (χ3v) is 8.61. The van der Waals surface area contributed by atoms with Crippen molar-refractivity contribution >= 4 is 34.6 Å². The van der Waals surface area contributed by atoms with E-state index in [9.17, 15) is 27.2 Å². The summed E-state index contributed by atoms with van der Waals surface area (Å²) in [4.78, 5) is 33.7. The van der Waals surface area contributed by atoms with Gasteiger partial charge in [0.05, 0.1) is 23.7 Å². The molecule has 0 aliphatic carbocycles. The molecule has 0 bridgehead atoms. The third-order valence-electron chi connectivity index (χ3n) is 7.39. The summed E-state index contributed by atoms with van der Waals surface area (Å²) in [5, 5.41) is 0.0509. The smallest absolute Gasteiger partial charge is 0.417 e. The Hall–Kier alpha value is -3.39. The SMILES string of the molecule is COC1CSc2c(-c3ccc(F)cc3F)c(C(F)(F)F)cc3c(N4CCN(C(=O)OC(C)(C)C)CC4C)nc(=O)n(c23)C1. The normalized spacial score (nSPS) is 19.5. The van der Waals surface area contributed by atoms with E-state index in [0.717, 1.165) is 30.0 Å². The number of piperazine rings is 1. The zero-order valence-electron chi connectivity index (χ0n) is 24.2. The first-order valence-corrected chi connectivity index (χ1v) is 14.6. The topological polar surface area (TPSA) is 76.9 Å². The largest absolute Gasteiger partial charge is 0.444 e. The van der Waals surface area contributed by atoms with Gasteiger partial charge < -0.3 is 19.3 Å². The highest BCUT2D eigenvalue weighted by Crippen LogP contribution is 2.49. The summed E-state index contributed by atoms with van der Waals surface area (Å²) in [6.45, 7) is 7.56. The van der Waals surface area contributed by atoms with Crippen molar-refractivity contribution in [1.82, 2.24) is 14.5 Å². The maximum atomic E-state index is 15.1. The van der Waals surface area contributed by atoms with E-state index in [1.165, 1.54) is 16.6 Å². The van der Waals surface area contributed by atoms with Crippen molar-refractivity contribution < 1.29 is 36.2 Å². The summed E-state index contributed by atoms with van der Waals surface area (Å²) in [6.07, 6.45) is -6.01. The molecule has 0 N–H and O–H groups in total. The van der Waals surface area contributed by atoms with E-state index in [1.54, 1.807) is 32.6 Å². The fourth-order valence-electron chi connectivity index (χ4n) is 5.44. The molecule has 14 heteroatoms. The van der Waals surface area contributed by atoms with Crippen LogP contribution in [0.15, 0.2) is 34.0 Å². The van der Waals surface area contributed by atoms with Gasteiger partial charge in [-0.05, 0) is 45.9 Å². The number of anilines is 1. The van der Waals surface area contributed by atoms with Crippen molar-refractivity contribution in [3.63, 3.8) is 0 Å². The molecule has 2 aliphatic rings. The van der Waals surface area contributed by atoms with Crippen LogP contribution in [0.4, 0.5) is 32.6 Å². The lowest BCUT2D eigenvalue weighted by molar-refractivity contribution is -0.137. The number of nitrogens with zero attached hydrogens (tertiary/aromatic N) is 4. The summed E-state index contributed by atoms with van der Waals surface area (Å²) in [6, 6.07) is 2.84. The number of rotatable bonds is 3. The summed E-state index contributed by atoms with van der Waals surface area (Å²) < 4.78 is 85.4. The summed E-state index contributed by atoms with van der Waals surface area (Å²) in [5.74, 6) is -1.90.